The number of halogens is 4. The highest BCUT2D eigenvalue weighted by atomic mass is 19.2. The van der Waals surface area contributed by atoms with Crippen molar-refractivity contribution in [3.8, 4) is 11.8 Å². The zero-order chi connectivity index (χ0) is 22.7. The lowest BCUT2D eigenvalue weighted by atomic mass is 10.0. The third-order valence-corrected chi connectivity index (χ3v) is 5.04. The summed E-state index contributed by atoms with van der Waals surface area (Å²) in [6.07, 6.45) is 5.36. The van der Waals surface area contributed by atoms with Gasteiger partial charge in [-0.05, 0) is 48.2 Å². The predicted molar refractivity (Wildman–Crippen MR) is 116 cm³/mol. The van der Waals surface area contributed by atoms with Gasteiger partial charge in [-0.1, -0.05) is 42.9 Å². The molecule has 3 aromatic rings. The van der Waals surface area contributed by atoms with Crippen molar-refractivity contribution in [2.45, 2.75) is 26.2 Å². The third-order valence-electron chi connectivity index (χ3n) is 5.04. The van der Waals surface area contributed by atoms with Crippen molar-refractivity contribution < 1.29 is 17.6 Å². The van der Waals surface area contributed by atoms with Crippen LogP contribution in [0, 0.1) is 35.1 Å². The van der Waals surface area contributed by atoms with Crippen LogP contribution >= 0.6 is 0 Å². The van der Waals surface area contributed by atoms with Crippen molar-refractivity contribution in [2.75, 3.05) is 0 Å². The summed E-state index contributed by atoms with van der Waals surface area (Å²) in [5.41, 5.74) is 4.73. The first-order valence-corrected chi connectivity index (χ1v) is 10.1. The third kappa shape index (κ3) is 4.78. The minimum Gasteiger partial charge on any atom is -0.206 e. The second kappa shape index (κ2) is 9.19. The topological polar surface area (TPSA) is 24.7 Å². The molecule has 4 rings (SSSR count). The van der Waals surface area contributed by atoms with Crippen LogP contribution in [0.1, 0.15) is 42.0 Å². The predicted octanol–water partition coefficient (Wildman–Crippen LogP) is 7.80. The largest absolute Gasteiger partial charge is 0.206 e. The Morgan fingerprint density at radius 3 is 2.25 bits per heavy atom. The van der Waals surface area contributed by atoms with Gasteiger partial charge in [-0.15, -0.1) is 0 Å². The molecule has 1 aliphatic rings. The van der Waals surface area contributed by atoms with Gasteiger partial charge in [0.2, 0.25) is 0 Å². The number of benzene rings is 3. The Morgan fingerprint density at radius 1 is 0.812 bits per heavy atom. The molecule has 2 nitrogen and oxygen atoms in total. The highest BCUT2D eigenvalue weighted by molar-refractivity contribution is 5.66. The average molecular weight is 434 g/mol. The van der Waals surface area contributed by atoms with Crippen molar-refractivity contribution in [3.05, 3.63) is 99.6 Å². The Kier molecular flexibility index (Phi) is 6.18. The summed E-state index contributed by atoms with van der Waals surface area (Å²) < 4.78 is 53.9. The zero-order valence-electron chi connectivity index (χ0n) is 17.2. The van der Waals surface area contributed by atoms with E-state index in [1.165, 1.54) is 23.3 Å². The maximum atomic E-state index is 14.4. The highest BCUT2D eigenvalue weighted by Crippen LogP contribution is 2.28. The molecule has 160 valence electrons. The van der Waals surface area contributed by atoms with Gasteiger partial charge in [0, 0.05) is 23.8 Å². The molecule has 0 spiro atoms. The normalized spacial score (nSPS) is 12.5. The summed E-state index contributed by atoms with van der Waals surface area (Å²) in [6.45, 7) is 2.16. The molecule has 0 N–H and O–H groups in total. The van der Waals surface area contributed by atoms with Gasteiger partial charge in [0.1, 0.15) is 5.82 Å². The molecule has 0 unspecified atom stereocenters. The SMILES string of the molecule is CCCC1=Cc2cc(C#Cc3ccc(N=Nc4cc(F)c(F)c(F)c4)cc3F)ccc2C1. The molecule has 0 bridgehead atoms. The average Bonchev–Trinajstić information content (AvgIpc) is 3.17. The first-order chi connectivity index (χ1) is 15.4. The van der Waals surface area contributed by atoms with Crippen LogP contribution in [-0.2, 0) is 6.42 Å². The van der Waals surface area contributed by atoms with Crippen molar-refractivity contribution in [1.29, 1.82) is 0 Å². The molecule has 0 aliphatic heterocycles. The van der Waals surface area contributed by atoms with E-state index < -0.39 is 23.3 Å². The van der Waals surface area contributed by atoms with E-state index in [1.54, 1.807) is 0 Å². The second-order valence-electron chi connectivity index (χ2n) is 7.48. The van der Waals surface area contributed by atoms with E-state index in [2.05, 4.69) is 41.1 Å². The van der Waals surface area contributed by atoms with Crippen molar-refractivity contribution >= 4 is 17.5 Å². The molecular weight excluding hydrogens is 416 g/mol. The van der Waals surface area contributed by atoms with Gasteiger partial charge >= 0.3 is 0 Å². The molecule has 1 aliphatic carbocycles. The van der Waals surface area contributed by atoms with Crippen LogP contribution < -0.4 is 0 Å². The van der Waals surface area contributed by atoms with Gasteiger partial charge in [-0.25, -0.2) is 17.6 Å². The lowest BCUT2D eigenvalue weighted by Crippen LogP contribution is -1.88. The maximum absolute atomic E-state index is 14.4. The van der Waals surface area contributed by atoms with E-state index in [4.69, 9.17) is 0 Å². The van der Waals surface area contributed by atoms with Crippen molar-refractivity contribution in [3.63, 3.8) is 0 Å². The summed E-state index contributed by atoms with van der Waals surface area (Å²) in [7, 11) is 0. The molecule has 0 atom stereocenters. The van der Waals surface area contributed by atoms with Gasteiger partial charge < -0.3 is 0 Å². The molecule has 0 saturated heterocycles. The monoisotopic (exact) mass is 434 g/mol. The lowest BCUT2D eigenvalue weighted by molar-refractivity contribution is 0.447. The van der Waals surface area contributed by atoms with Gasteiger partial charge in [0.15, 0.2) is 17.5 Å². The Morgan fingerprint density at radius 2 is 1.53 bits per heavy atom. The first kappa shape index (κ1) is 21.5. The Hall–Kier alpha value is -3.72. The number of nitrogens with zero attached hydrogens (tertiary/aromatic N) is 2. The minimum atomic E-state index is -1.58. The van der Waals surface area contributed by atoms with E-state index >= 15 is 0 Å². The molecular formula is C26H18F4N2. The molecule has 3 aromatic carbocycles. The number of hydrogen-bond acceptors (Lipinski definition) is 2. The van der Waals surface area contributed by atoms with Gasteiger partial charge in [0.05, 0.1) is 16.9 Å². The number of hydrogen-bond donors (Lipinski definition) is 0. The minimum absolute atomic E-state index is 0.129. The molecule has 0 fully saturated rings. The number of rotatable bonds is 4. The summed E-state index contributed by atoms with van der Waals surface area (Å²) in [5.74, 6) is 0.865. The second-order valence-corrected chi connectivity index (χ2v) is 7.48. The van der Waals surface area contributed by atoms with Crippen LogP contribution in [0.25, 0.3) is 6.08 Å². The standard InChI is InChI=1S/C26H18F4N2/c1-2-3-17-11-19-7-5-16(10-20(19)12-17)4-6-18-8-9-21(13-23(18)27)31-32-22-14-24(28)26(30)25(29)15-22/h5,7-10,12-15H,2-3,11H2,1H3. The van der Waals surface area contributed by atoms with Crippen LogP contribution in [0.2, 0.25) is 0 Å². The smallest absolute Gasteiger partial charge is 0.194 e. The lowest BCUT2D eigenvalue weighted by Gasteiger charge is -2.00. The molecule has 32 heavy (non-hydrogen) atoms. The van der Waals surface area contributed by atoms with E-state index in [1.807, 2.05) is 12.1 Å². The molecule has 0 saturated carbocycles. The van der Waals surface area contributed by atoms with Crippen LogP contribution in [0.5, 0.6) is 0 Å². The molecule has 0 heterocycles. The fourth-order valence-corrected chi connectivity index (χ4v) is 3.49. The summed E-state index contributed by atoms with van der Waals surface area (Å²) in [5, 5.41) is 7.37. The number of azo groups is 1. The van der Waals surface area contributed by atoms with E-state index in [0.29, 0.717) is 12.1 Å². The Bertz CT molecular complexity index is 1290. The molecule has 0 aromatic heterocycles. The Labute approximate surface area is 183 Å². The van der Waals surface area contributed by atoms with Crippen LogP contribution in [0.15, 0.2) is 64.3 Å². The number of fused-ring (bicyclic) bond motifs is 1. The highest BCUT2D eigenvalue weighted by Gasteiger charge is 2.12. The van der Waals surface area contributed by atoms with E-state index in [0.717, 1.165) is 36.5 Å². The summed E-state index contributed by atoms with van der Waals surface area (Å²) in [6, 6.07) is 11.4. The van der Waals surface area contributed by atoms with E-state index in [9.17, 15) is 17.6 Å². The molecule has 6 heteroatoms. The van der Waals surface area contributed by atoms with Crippen LogP contribution in [0.4, 0.5) is 28.9 Å². The van der Waals surface area contributed by atoms with Crippen LogP contribution in [-0.4, -0.2) is 0 Å². The van der Waals surface area contributed by atoms with Gasteiger partial charge in [0.25, 0.3) is 0 Å². The molecule has 0 radical (unpaired) electrons. The fourth-order valence-electron chi connectivity index (χ4n) is 3.49. The first-order valence-electron chi connectivity index (χ1n) is 10.1. The zero-order valence-corrected chi connectivity index (χ0v) is 17.2. The maximum Gasteiger partial charge on any atom is 0.194 e. The quantitative estimate of drug-likeness (QED) is 0.173. The van der Waals surface area contributed by atoms with Gasteiger partial charge in [-0.2, -0.15) is 10.2 Å². The van der Waals surface area contributed by atoms with Gasteiger partial charge in [-0.3, -0.25) is 0 Å². The summed E-state index contributed by atoms with van der Waals surface area (Å²) >= 11 is 0. The summed E-state index contributed by atoms with van der Waals surface area (Å²) in [4.78, 5) is 0. The number of allylic oxidation sites excluding steroid dienone is 1. The fraction of sp³-hybridized carbons (Fsp3) is 0.154. The van der Waals surface area contributed by atoms with E-state index in [-0.39, 0.29) is 16.9 Å². The van der Waals surface area contributed by atoms with Crippen LogP contribution in [0.3, 0.4) is 0 Å². The Balaban J connectivity index is 1.51. The molecule has 0 amide bonds. The van der Waals surface area contributed by atoms with Crippen molar-refractivity contribution in [1.82, 2.24) is 0 Å². The van der Waals surface area contributed by atoms with Crippen molar-refractivity contribution in [2.24, 2.45) is 10.2 Å².